The minimum atomic E-state index is -1.07. The number of carbonyl (C=O) groups excluding carboxylic acids is 2. The van der Waals surface area contributed by atoms with Crippen LogP contribution in [-0.2, 0) is 19.1 Å². The second-order valence-corrected chi connectivity index (χ2v) is 8.23. The van der Waals surface area contributed by atoms with Crippen LogP contribution in [0.5, 0.6) is 0 Å². The fourth-order valence-corrected chi connectivity index (χ4v) is 4.49. The molecule has 1 unspecified atom stereocenters. The number of hydrogen-bond acceptors (Lipinski definition) is 8. The van der Waals surface area contributed by atoms with Crippen molar-refractivity contribution in [2.75, 3.05) is 19.1 Å². The van der Waals surface area contributed by atoms with E-state index in [2.05, 4.69) is 6.07 Å². The monoisotopic (exact) mass is 509 g/mol. The Morgan fingerprint density at radius 1 is 0.895 bits per heavy atom. The number of methoxy groups -OCH3 is 2. The summed E-state index contributed by atoms with van der Waals surface area (Å²) in [5.41, 5.74) is 8.39. The van der Waals surface area contributed by atoms with Crippen LogP contribution in [0.3, 0.4) is 0 Å². The molecule has 0 fully saturated rings. The highest BCUT2D eigenvalue weighted by Crippen LogP contribution is 2.43. The Labute approximate surface area is 218 Å². The van der Waals surface area contributed by atoms with Crippen molar-refractivity contribution in [1.29, 1.82) is 5.26 Å². The third kappa shape index (κ3) is 4.47. The number of carboxylic acids is 1. The molecule has 9 nitrogen and oxygen atoms in total. The van der Waals surface area contributed by atoms with E-state index in [9.17, 15) is 24.8 Å². The van der Waals surface area contributed by atoms with E-state index in [0.29, 0.717) is 22.4 Å². The number of ether oxygens (including phenoxy) is 2. The van der Waals surface area contributed by atoms with Crippen LogP contribution in [0, 0.1) is 11.3 Å². The molecule has 1 aliphatic heterocycles. The molecular weight excluding hydrogens is 486 g/mol. The molecule has 1 aliphatic rings. The predicted molar refractivity (Wildman–Crippen MR) is 138 cm³/mol. The van der Waals surface area contributed by atoms with Gasteiger partial charge < -0.3 is 20.3 Å². The zero-order valence-electron chi connectivity index (χ0n) is 20.5. The summed E-state index contributed by atoms with van der Waals surface area (Å²) in [5, 5.41) is 19.7. The van der Waals surface area contributed by atoms with Gasteiger partial charge in [0.2, 0.25) is 0 Å². The summed E-state index contributed by atoms with van der Waals surface area (Å²) in [6, 6.07) is 23.9. The summed E-state index contributed by atoms with van der Waals surface area (Å²) in [6.07, 6.45) is 0. The molecule has 0 radical (unpaired) electrons. The lowest BCUT2D eigenvalue weighted by atomic mass is 9.81. The van der Waals surface area contributed by atoms with Gasteiger partial charge in [-0.1, -0.05) is 60.7 Å². The number of aromatic carboxylic acids is 1. The molecule has 0 saturated heterocycles. The van der Waals surface area contributed by atoms with Crippen LogP contribution in [-0.4, -0.2) is 37.2 Å². The zero-order chi connectivity index (χ0) is 27.4. The van der Waals surface area contributed by atoms with Crippen LogP contribution in [0.4, 0.5) is 5.69 Å². The highest BCUT2D eigenvalue weighted by molar-refractivity contribution is 6.06. The first-order chi connectivity index (χ1) is 18.3. The topological polar surface area (TPSA) is 143 Å². The van der Waals surface area contributed by atoms with E-state index in [1.54, 1.807) is 72.8 Å². The van der Waals surface area contributed by atoms with Gasteiger partial charge in [0.15, 0.2) is 0 Å². The maximum absolute atomic E-state index is 13.2. The molecule has 0 aliphatic carbocycles. The molecule has 0 bridgehead atoms. The molecule has 0 aromatic heterocycles. The van der Waals surface area contributed by atoms with Crippen molar-refractivity contribution >= 4 is 23.6 Å². The number of allylic oxidation sites excluding steroid dienone is 1. The standard InChI is InChI=1S/C29H23N3O6/c1-37-28(35)24-23(18-8-4-3-5-9-18)22(16-30)26(31)32(25(24)29(36)38-2)19-14-12-17(13-15-19)20-10-6-7-11-21(20)27(33)34/h3-15,23H,31H2,1-2H3,(H,33,34). The van der Waals surface area contributed by atoms with E-state index in [4.69, 9.17) is 15.2 Å². The minimum Gasteiger partial charge on any atom is -0.478 e. The average molecular weight is 510 g/mol. The number of carboxylic acid groups (broad SMARTS) is 1. The largest absolute Gasteiger partial charge is 0.478 e. The number of nitrogens with two attached hydrogens (primary N) is 1. The Hall–Kier alpha value is -5.36. The van der Waals surface area contributed by atoms with Crippen LogP contribution in [0.2, 0.25) is 0 Å². The number of benzene rings is 3. The number of carbonyl (C=O) groups is 3. The lowest BCUT2D eigenvalue weighted by Crippen LogP contribution is -2.40. The SMILES string of the molecule is COC(=O)C1=C(C(=O)OC)N(c2ccc(-c3ccccc3C(=O)O)cc2)C(N)=C(C#N)C1c1ccccc1. The molecule has 3 N–H and O–H groups in total. The van der Waals surface area contributed by atoms with Gasteiger partial charge in [-0.2, -0.15) is 5.26 Å². The van der Waals surface area contributed by atoms with Crippen molar-refractivity contribution in [3.63, 3.8) is 0 Å². The van der Waals surface area contributed by atoms with Crippen LogP contribution >= 0.6 is 0 Å². The fraction of sp³-hybridized carbons (Fsp3) is 0.103. The summed E-state index contributed by atoms with van der Waals surface area (Å²) >= 11 is 0. The Kier molecular flexibility index (Phi) is 7.26. The van der Waals surface area contributed by atoms with Crippen LogP contribution in [0.1, 0.15) is 21.8 Å². The smallest absolute Gasteiger partial charge is 0.355 e. The van der Waals surface area contributed by atoms with Crippen LogP contribution in [0.15, 0.2) is 102 Å². The van der Waals surface area contributed by atoms with Crippen LogP contribution in [0.25, 0.3) is 11.1 Å². The summed E-state index contributed by atoms with van der Waals surface area (Å²) < 4.78 is 10.1. The molecule has 0 amide bonds. The zero-order valence-corrected chi connectivity index (χ0v) is 20.5. The maximum atomic E-state index is 13.2. The van der Waals surface area contributed by atoms with Crippen molar-refractivity contribution in [3.8, 4) is 17.2 Å². The molecule has 9 heteroatoms. The van der Waals surface area contributed by atoms with Crippen molar-refractivity contribution < 1.29 is 29.0 Å². The average Bonchev–Trinajstić information content (AvgIpc) is 2.96. The lowest BCUT2D eigenvalue weighted by molar-refractivity contribution is -0.139. The van der Waals surface area contributed by atoms with Gasteiger partial charge >= 0.3 is 17.9 Å². The Bertz CT molecular complexity index is 1520. The van der Waals surface area contributed by atoms with Gasteiger partial charge in [-0.3, -0.25) is 4.90 Å². The summed E-state index contributed by atoms with van der Waals surface area (Å²) in [5.74, 6) is -3.78. The van der Waals surface area contributed by atoms with Gasteiger partial charge in [0.25, 0.3) is 0 Å². The van der Waals surface area contributed by atoms with Gasteiger partial charge in [-0.25, -0.2) is 14.4 Å². The number of anilines is 1. The molecule has 3 aromatic carbocycles. The molecule has 38 heavy (non-hydrogen) atoms. The van der Waals surface area contributed by atoms with E-state index in [1.165, 1.54) is 25.2 Å². The lowest BCUT2D eigenvalue weighted by Gasteiger charge is -2.36. The van der Waals surface area contributed by atoms with Crippen molar-refractivity contribution in [2.24, 2.45) is 5.73 Å². The summed E-state index contributed by atoms with van der Waals surface area (Å²) in [4.78, 5) is 39.2. The van der Waals surface area contributed by atoms with E-state index in [-0.39, 0.29) is 28.2 Å². The molecular formula is C29H23N3O6. The molecule has 1 atom stereocenters. The maximum Gasteiger partial charge on any atom is 0.355 e. The number of rotatable bonds is 6. The van der Waals surface area contributed by atoms with Gasteiger partial charge in [0.1, 0.15) is 11.5 Å². The number of nitrogens with zero attached hydrogens (tertiary/aromatic N) is 2. The van der Waals surface area contributed by atoms with E-state index in [0.717, 1.165) is 0 Å². The third-order valence-corrected chi connectivity index (χ3v) is 6.20. The molecule has 0 spiro atoms. The summed E-state index contributed by atoms with van der Waals surface area (Å²) in [6.45, 7) is 0. The molecule has 3 aromatic rings. The quantitative estimate of drug-likeness (QED) is 0.472. The van der Waals surface area contributed by atoms with E-state index < -0.39 is 23.8 Å². The second kappa shape index (κ2) is 10.7. The Morgan fingerprint density at radius 2 is 1.50 bits per heavy atom. The van der Waals surface area contributed by atoms with Crippen molar-refractivity contribution in [3.05, 3.63) is 113 Å². The second-order valence-electron chi connectivity index (χ2n) is 8.23. The fourth-order valence-electron chi connectivity index (χ4n) is 4.49. The molecule has 0 saturated carbocycles. The highest BCUT2D eigenvalue weighted by Gasteiger charge is 2.42. The number of nitriles is 1. The first-order valence-corrected chi connectivity index (χ1v) is 11.4. The number of esters is 2. The van der Waals surface area contributed by atoms with Gasteiger partial charge in [-0.15, -0.1) is 0 Å². The number of hydrogen-bond donors (Lipinski definition) is 2. The van der Waals surface area contributed by atoms with Gasteiger partial charge in [0.05, 0.1) is 42.9 Å². The third-order valence-electron chi connectivity index (χ3n) is 6.20. The first-order valence-electron chi connectivity index (χ1n) is 11.4. The van der Waals surface area contributed by atoms with Crippen molar-refractivity contribution in [2.45, 2.75) is 5.92 Å². The molecule has 1 heterocycles. The van der Waals surface area contributed by atoms with Gasteiger partial charge in [-0.05, 0) is 34.9 Å². The Morgan fingerprint density at radius 3 is 2.08 bits per heavy atom. The normalized spacial score (nSPS) is 15.1. The summed E-state index contributed by atoms with van der Waals surface area (Å²) in [7, 11) is 2.35. The highest BCUT2D eigenvalue weighted by atomic mass is 16.5. The van der Waals surface area contributed by atoms with E-state index >= 15 is 0 Å². The van der Waals surface area contributed by atoms with Crippen molar-refractivity contribution in [1.82, 2.24) is 0 Å². The molecule has 4 rings (SSSR count). The minimum absolute atomic E-state index is 0.0459. The van der Waals surface area contributed by atoms with Gasteiger partial charge in [0, 0.05) is 5.69 Å². The Balaban J connectivity index is 1.95. The predicted octanol–water partition coefficient (Wildman–Crippen LogP) is 3.95. The molecule has 190 valence electrons. The van der Waals surface area contributed by atoms with Crippen LogP contribution < -0.4 is 10.6 Å². The first kappa shape index (κ1) is 25.7. The van der Waals surface area contributed by atoms with E-state index in [1.807, 2.05) is 0 Å².